The number of primary amides is 1. The van der Waals surface area contributed by atoms with Crippen LogP contribution in [0.25, 0.3) is 0 Å². The Balaban J connectivity index is 2.19. The van der Waals surface area contributed by atoms with Gasteiger partial charge in [-0.3, -0.25) is 4.79 Å². The second kappa shape index (κ2) is 7.67. The summed E-state index contributed by atoms with van der Waals surface area (Å²) in [4.78, 5) is 16.7. The van der Waals surface area contributed by atoms with Gasteiger partial charge in [0.1, 0.15) is 17.5 Å². The molecule has 0 aliphatic carbocycles. The van der Waals surface area contributed by atoms with Crippen molar-refractivity contribution in [3.8, 4) is 11.5 Å². The standard InChI is InChI=1S/C18H23N5O4/c1-10-15(17(19)25)16(12-9-11(26-2)6-7-13(12)27-3)23-18(20-10)21-14(22-23)5-4-8-24/h6-7,9,16,24H,4-5,8H2,1-3H3,(H2,19,25)(H,20,21,22)/t16-/m1/s1. The molecule has 0 saturated carbocycles. The zero-order valence-corrected chi connectivity index (χ0v) is 15.5. The van der Waals surface area contributed by atoms with E-state index in [2.05, 4.69) is 15.4 Å². The van der Waals surface area contributed by atoms with Crippen LogP contribution in [0.4, 0.5) is 5.95 Å². The fourth-order valence-corrected chi connectivity index (χ4v) is 3.20. The third-order valence-electron chi connectivity index (χ3n) is 4.45. The lowest BCUT2D eigenvalue weighted by Gasteiger charge is -2.28. The van der Waals surface area contributed by atoms with Gasteiger partial charge in [-0.15, -0.1) is 0 Å². The van der Waals surface area contributed by atoms with Gasteiger partial charge in [-0.1, -0.05) is 0 Å². The fourth-order valence-electron chi connectivity index (χ4n) is 3.20. The third-order valence-corrected chi connectivity index (χ3v) is 4.45. The first-order chi connectivity index (χ1) is 13.0. The van der Waals surface area contributed by atoms with Crippen molar-refractivity contribution < 1.29 is 19.4 Å². The van der Waals surface area contributed by atoms with Crippen molar-refractivity contribution in [1.82, 2.24) is 14.8 Å². The van der Waals surface area contributed by atoms with Crippen molar-refractivity contribution in [3.05, 3.63) is 40.9 Å². The van der Waals surface area contributed by atoms with Crippen molar-refractivity contribution in [1.29, 1.82) is 0 Å². The molecular formula is C18H23N5O4. The minimum atomic E-state index is -0.612. The van der Waals surface area contributed by atoms with E-state index in [1.54, 1.807) is 44.0 Å². The zero-order valence-electron chi connectivity index (χ0n) is 15.5. The molecule has 1 aliphatic heterocycles. The lowest BCUT2D eigenvalue weighted by atomic mass is 9.94. The molecule has 0 spiro atoms. The molecule has 1 aromatic heterocycles. The molecule has 27 heavy (non-hydrogen) atoms. The summed E-state index contributed by atoms with van der Waals surface area (Å²) in [5.74, 6) is 1.70. The Bertz CT molecular complexity index is 890. The summed E-state index contributed by atoms with van der Waals surface area (Å²) in [6, 6.07) is 4.73. The number of amides is 1. The van der Waals surface area contributed by atoms with Crippen molar-refractivity contribution in [2.24, 2.45) is 5.73 Å². The summed E-state index contributed by atoms with van der Waals surface area (Å²) < 4.78 is 12.5. The van der Waals surface area contributed by atoms with E-state index in [9.17, 15) is 4.79 Å². The average molecular weight is 373 g/mol. The first-order valence-corrected chi connectivity index (χ1v) is 8.56. The number of aryl methyl sites for hydroxylation is 1. The number of allylic oxidation sites excluding steroid dienone is 1. The highest BCUT2D eigenvalue weighted by Gasteiger charge is 2.35. The van der Waals surface area contributed by atoms with Crippen LogP contribution in [-0.2, 0) is 11.2 Å². The molecule has 9 nitrogen and oxygen atoms in total. The monoisotopic (exact) mass is 373 g/mol. The Labute approximate surface area is 156 Å². The second-order valence-corrected chi connectivity index (χ2v) is 6.16. The van der Waals surface area contributed by atoms with Crippen LogP contribution >= 0.6 is 0 Å². The number of methoxy groups -OCH3 is 2. The van der Waals surface area contributed by atoms with Crippen molar-refractivity contribution >= 4 is 11.9 Å². The van der Waals surface area contributed by atoms with E-state index in [0.29, 0.717) is 52.9 Å². The third kappa shape index (κ3) is 3.45. The minimum Gasteiger partial charge on any atom is -0.497 e. The van der Waals surface area contributed by atoms with Gasteiger partial charge in [0.2, 0.25) is 11.9 Å². The molecule has 0 fully saturated rings. The molecule has 1 amide bonds. The van der Waals surface area contributed by atoms with Gasteiger partial charge < -0.3 is 25.6 Å². The molecule has 2 heterocycles. The normalized spacial score (nSPS) is 15.9. The summed E-state index contributed by atoms with van der Waals surface area (Å²) in [6.07, 6.45) is 1.07. The summed E-state index contributed by atoms with van der Waals surface area (Å²) >= 11 is 0. The van der Waals surface area contributed by atoms with Gasteiger partial charge in [0.05, 0.1) is 19.8 Å². The van der Waals surface area contributed by atoms with Gasteiger partial charge in [-0.2, -0.15) is 10.1 Å². The number of carbonyl (C=O) groups is 1. The van der Waals surface area contributed by atoms with E-state index >= 15 is 0 Å². The summed E-state index contributed by atoms with van der Waals surface area (Å²) in [5, 5.41) is 16.7. The lowest BCUT2D eigenvalue weighted by Crippen LogP contribution is -2.32. The van der Waals surface area contributed by atoms with E-state index in [1.807, 2.05) is 0 Å². The molecule has 0 radical (unpaired) electrons. The highest BCUT2D eigenvalue weighted by molar-refractivity contribution is 5.95. The molecular weight excluding hydrogens is 350 g/mol. The van der Waals surface area contributed by atoms with Crippen LogP contribution in [-0.4, -0.2) is 46.6 Å². The lowest BCUT2D eigenvalue weighted by molar-refractivity contribution is -0.115. The largest absolute Gasteiger partial charge is 0.497 e. The molecule has 0 bridgehead atoms. The molecule has 0 saturated heterocycles. The number of nitrogens with two attached hydrogens (primary N) is 1. The molecule has 1 atom stereocenters. The zero-order chi connectivity index (χ0) is 19.6. The molecule has 4 N–H and O–H groups in total. The van der Waals surface area contributed by atoms with Crippen molar-refractivity contribution in [3.63, 3.8) is 0 Å². The number of hydrogen-bond donors (Lipinski definition) is 3. The molecule has 9 heteroatoms. The predicted octanol–water partition coefficient (Wildman–Crippen LogP) is 0.994. The van der Waals surface area contributed by atoms with Crippen LogP contribution in [0.3, 0.4) is 0 Å². The molecule has 3 rings (SSSR count). The number of rotatable bonds is 7. The highest BCUT2D eigenvalue weighted by atomic mass is 16.5. The number of nitrogens with one attached hydrogen (secondary N) is 1. The number of aliphatic hydroxyl groups is 1. The van der Waals surface area contributed by atoms with Crippen LogP contribution in [0.2, 0.25) is 0 Å². The van der Waals surface area contributed by atoms with Gasteiger partial charge in [-0.25, -0.2) is 4.68 Å². The van der Waals surface area contributed by atoms with Crippen LogP contribution in [0.15, 0.2) is 29.5 Å². The highest BCUT2D eigenvalue weighted by Crippen LogP contribution is 2.40. The molecule has 0 unspecified atom stereocenters. The number of fused-ring (bicyclic) bond motifs is 1. The van der Waals surface area contributed by atoms with Gasteiger partial charge in [0.25, 0.3) is 0 Å². The maximum absolute atomic E-state index is 12.2. The topological polar surface area (TPSA) is 125 Å². The van der Waals surface area contributed by atoms with Gasteiger partial charge in [0, 0.05) is 24.3 Å². The number of aliphatic hydroxyl groups excluding tert-OH is 1. The maximum atomic E-state index is 12.2. The first-order valence-electron chi connectivity index (χ1n) is 8.56. The van der Waals surface area contributed by atoms with Crippen LogP contribution < -0.4 is 20.5 Å². The van der Waals surface area contributed by atoms with E-state index in [0.717, 1.165) is 0 Å². The fraction of sp³-hybridized carbons (Fsp3) is 0.389. The van der Waals surface area contributed by atoms with Crippen LogP contribution in [0.1, 0.15) is 30.8 Å². The summed E-state index contributed by atoms with van der Waals surface area (Å²) in [5.41, 5.74) is 7.35. The second-order valence-electron chi connectivity index (χ2n) is 6.16. The van der Waals surface area contributed by atoms with Crippen LogP contribution in [0, 0.1) is 0 Å². The van der Waals surface area contributed by atoms with Crippen molar-refractivity contribution in [2.45, 2.75) is 25.8 Å². The number of benzene rings is 1. The summed E-state index contributed by atoms with van der Waals surface area (Å²) in [6.45, 7) is 1.82. The van der Waals surface area contributed by atoms with Gasteiger partial charge in [0.15, 0.2) is 5.82 Å². The average Bonchev–Trinajstić information content (AvgIpc) is 3.06. The van der Waals surface area contributed by atoms with Gasteiger partial charge >= 0.3 is 0 Å². The number of nitrogens with zero attached hydrogens (tertiary/aromatic N) is 3. The SMILES string of the molecule is COc1ccc(OC)c([C@@H]2C(C(N)=O)=C(C)Nc3nc(CCCO)nn32)c1. The first kappa shape index (κ1) is 18.7. The van der Waals surface area contributed by atoms with Gasteiger partial charge in [-0.05, 0) is 31.5 Å². The van der Waals surface area contributed by atoms with Crippen molar-refractivity contribution in [2.75, 3.05) is 26.1 Å². The van der Waals surface area contributed by atoms with E-state index in [-0.39, 0.29) is 6.61 Å². The Hall–Kier alpha value is -3.07. The minimum absolute atomic E-state index is 0.0499. The predicted molar refractivity (Wildman–Crippen MR) is 98.6 cm³/mol. The van der Waals surface area contributed by atoms with E-state index in [4.69, 9.17) is 20.3 Å². The maximum Gasteiger partial charge on any atom is 0.248 e. The Morgan fingerprint density at radius 2 is 2.15 bits per heavy atom. The Kier molecular flexibility index (Phi) is 5.31. The number of hydrogen-bond acceptors (Lipinski definition) is 7. The number of aromatic nitrogens is 3. The quantitative estimate of drug-likeness (QED) is 0.661. The van der Waals surface area contributed by atoms with E-state index < -0.39 is 11.9 Å². The Morgan fingerprint density at radius 1 is 1.37 bits per heavy atom. The number of carbonyl (C=O) groups excluding carboxylic acids is 1. The molecule has 1 aromatic carbocycles. The smallest absolute Gasteiger partial charge is 0.248 e. The molecule has 1 aliphatic rings. The van der Waals surface area contributed by atoms with E-state index in [1.165, 1.54) is 0 Å². The molecule has 2 aromatic rings. The Morgan fingerprint density at radius 3 is 2.78 bits per heavy atom. The van der Waals surface area contributed by atoms with Crippen LogP contribution in [0.5, 0.6) is 11.5 Å². The number of ether oxygens (including phenoxy) is 2. The molecule has 144 valence electrons. The summed E-state index contributed by atoms with van der Waals surface area (Å²) in [7, 11) is 3.12. The number of anilines is 1.